The molecule has 3 aromatic rings. The molecule has 2 amide bonds. The first-order valence-electron chi connectivity index (χ1n) is 11.0. The zero-order valence-corrected chi connectivity index (χ0v) is 18.8. The van der Waals surface area contributed by atoms with Crippen molar-refractivity contribution in [1.29, 1.82) is 0 Å². The van der Waals surface area contributed by atoms with Crippen molar-refractivity contribution in [3.63, 3.8) is 0 Å². The number of benzene rings is 2. The number of nitrogens with zero attached hydrogens (tertiary/aromatic N) is 4. The highest BCUT2D eigenvalue weighted by Crippen LogP contribution is 2.21. The van der Waals surface area contributed by atoms with Gasteiger partial charge in [0.15, 0.2) is 5.78 Å². The van der Waals surface area contributed by atoms with E-state index >= 15 is 0 Å². The summed E-state index contributed by atoms with van der Waals surface area (Å²) in [5, 5.41) is 0. The molecule has 1 fully saturated rings. The molecule has 2 aromatic carbocycles. The van der Waals surface area contributed by atoms with Crippen molar-refractivity contribution in [2.24, 2.45) is 5.92 Å². The highest BCUT2D eigenvalue weighted by molar-refractivity contribution is 6.07. The van der Waals surface area contributed by atoms with Gasteiger partial charge in [0.2, 0.25) is 5.91 Å². The van der Waals surface area contributed by atoms with Crippen molar-refractivity contribution in [1.82, 2.24) is 19.8 Å². The van der Waals surface area contributed by atoms with Crippen molar-refractivity contribution < 1.29 is 14.4 Å². The molecular weight excluding hydrogens is 416 g/mol. The molecule has 1 aliphatic heterocycles. The predicted octanol–water partition coefficient (Wildman–Crippen LogP) is 3.47. The fraction of sp³-hybridized carbons (Fsp3) is 0.269. The maximum atomic E-state index is 12.8. The summed E-state index contributed by atoms with van der Waals surface area (Å²) in [6.07, 6.45) is 6.06. The van der Waals surface area contributed by atoms with Crippen LogP contribution in [0.3, 0.4) is 0 Å². The molecule has 7 heteroatoms. The lowest BCUT2D eigenvalue weighted by Gasteiger charge is -2.32. The number of allylic oxidation sites excluding steroid dienone is 1. The Balaban J connectivity index is 1.37. The SMILES string of the molecule is CN(C)C(=O)C1CCN(C(=O)c2ccc(C(=O)C=Cc3cnc4ccccc4n3)cc2)CC1. The lowest BCUT2D eigenvalue weighted by atomic mass is 9.95. The summed E-state index contributed by atoms with van der Waals surface area (Å²) in [7, 11) is 3.51. The first kappa shape index (κ1) is 22.3. The van der Waals surface area contributed by atoms with E-state index in [-0.39, 0.29) is 23.5 Å². The molecule has 168 valence electrons. The Bertz CT molecular complexity index is 1210. The van der Waals surface area contributed by atoms with Gasteiger partial charge < -0.3 is 9.80 Å². The van der Waals surface area contributed by atoms with E-state index in [4.69, 9.17) is 0 Å². The van der Waals surface area contributed by atoms with Gasteiger partial charge in [-0.1, -0.05) is 24.3 Å². The number of fused-ring (bicyclic) bond motifs is 1. The number of piperidine rings is 1. The van der Waals surface area contributed by atoms with Crippen LogP contribution < -0.4 is 0 Å². The molecule has 0 bridgehead atoms. The highest BCUT2D eigenvalue weighted by atomic mass is 16.2. The molecule has 0 unspecified atom stereocenters. The maximum Gasteiger partial charge on any atom is 0.253 e. The summed E-state index contributed by atoms with van der Waals surface area (Å²) in [6, 6.07) is 14.2. The summed E-state index contributed by atoms with van der Waals surface area (Å²) < 4.78 is 0. The van der Waals surface area contributed by atoms with E-state index in [2.05, 4.69) is 9.97 Å². The van der Waals surface area contributed by atoms with E-state index in [1.807, 2.05) is 24.3 Å². The average Bonchev–Trinajstić information content (AvgIpc) is 2.86. The number of likely N-dealkylation sites (tertiary alicyclic amines) is 1. The Hall–Kier alpha value is -3.87. The van der Waals surface area contributed by atoms with E-state index in [1.165, 1.54) is 6.08 Å². The number of amides is 2. The van der Waals surface area contributed by atoms with Crippen LogP contribution in [-0.4, -0.2) is 64.6 Å². The van der Waals surface area contributed by atoms with Crippen LogP contribution in [-0.2, 0) is 4.79 Å². The second kappa shape index (κ2) is 9.73. The van der Waals surface area contributed by atoms with Gasteiger partial charge in [0, 0.05) is 44.2 Å². The minimum Gasteiger partial charge on any atom is -0.349 e. The van der Waals surface area contributed by atoms with Crippen molar-refractivity contribution in [3.8, 4) is 0 Å². The molecule has 0 atom stereocenters. The molecular formula is C26H26N4O3. The Morgan fingerprint density at radius 1 is 0.939 bits per heavy atom. The summed E-state index contributed by atoms with van der Waals surface area (Å²) in [6.45, 7) is 1.11. The topological polar surface area (TPSA) is 83.5 Å². The number of hydrogen-bond acceptors (Lipinski definition) is 5. The Morgan fingerprint density at radius 3 is 2.24 bits per heavy atom. The third kappa shape index (κ3) is 5.14. The molecule has 1 aromatic heterocycles. The fourth-order valence-electron chi connectivity index (χ4n) is 3.96. The summed E-state index contributed by atoms with van der Waals surface area (Å²) in [5.74, 6) is -0.158. The van der Waals surface area contributed by atoms with Crippen molar-refractivity contribution >= 4 is 34.7 Å². The maximum absolute atomic E-state index is 12.8. The van der Waals surface area contributed by atoms with Crippen LogP contribution in [0.2, 0.25) is 0 Å². The van der Waals surface area contributed by atoms with Crippen LogP contribution in [0.1, 0.15) is 39.3 Å². The van der Waals surface area contributed by atoms with Crippen LogP contribution in [0.15, 0.2) is 60.8 Å². The summed E-state index contributed by atoms with van der Waals surface area (Å²) in [5.41, 5.74) is 3.20. The van der Waals surface area contributed by atoms with Crippen molar-refractivity contribution in [2.45, 2.75) is 12.8 Å². The first-order chi connectivity index (χ1) is 15.9. The predicted molar refractivity (Wildman–Crippen MR) is 127 cm³/mol. The largest absolute Gasteiger partial charge is 0.349 e. The van der Waals surface area contributed by atoms with E-state index in [0.717, 1.165) is 11.0 Å². The van der Waals surface area contributed by atoms with Gasteiger partial charge in [0.25, 0.3) is 5.91 Å². The number of carbonyl (C=O) groups excluding carboxylic acids is 3. The third-order valence-electron chi connectivity index (χ3n) is 5.86. The smallest absolute Gasteiger partial charge is 0.253 e. The number of ketones is 1. The van der Waals surface area contributed by atoms with Crippen LogP contribution >= 0.6 is 0 Å². The normalized spacial score (nSPS) is 14.5. The number of carbonyl (C=O) groups is 3. The number of para-hydroxylation sites is 2. The van der Waals surface area contributed by atoms with Gasteiger partial charge in [-0.05, 0) is 49.3 Å². The van der Waals surface area contributed by atoms with Gasteiger partial charge in [-0.25, -0.2) is 4.98 Å². The number of hydrogen-bond donors (Lipinski definition) is 0. The van der Waals surface area contributed by atoms with Crippen LogP contribution in [0, 0.1) is 5.92 Å². The second-order valence-electron chi connectivity index (χ2n) is 8.36. The molecule has 1 aliphatic rings. The summed E-state index contributed by atoms with van der Waals surface area (Å²) >= 11 is 0. The first-order valence-corrected chi connectivity index (χ1v) is 11.0. The van der Waals surface area contributed by atoms with E-state index in [1.54, 1.807) is 60.4 Å². The van der Waals surface area contributed by atoms with E-state index in [0.29, 0.717) is 42.8 Å². The Kier molecular flexibility index (Phi) is 6.58. The molecule has 33 heavy (non-hydrogen) atoms. The quantitative estimate of drug-likeness (QED) is 0.446. The molecule has 0 N–H and O–H groups in total. The van der Waals surface area contributed by atoms with Gasteiger partial charge in [-0.3, -0.25) is 19.4 Å². The van der Waals surface area contributed by atoms with Crippen LogP contribution in [0.25, 0.3) is 17.1 Å². The standard InChI is InChI=1S/C26H26N4O3/c1-29(2)25(32)20-13-15-30(16-14-20)26(33)19-9-7-18(8-10-19)24(31)12-11-21-17-27-22-5-3-4-6-23(22)28-21/h3-12,17,20H,13-16H2,1-2H3. The molecule has 0 radical (unpaired) electrons. The van der Waals surface area contributed by atoms with Gasteiger partial charge in [-0.15, -0.1) is 0 Å². The Labute approximate surface area is 192 Å². The van der Waals surface area contributed by atoms with Crippen LogP contribution in [0.5, 0.6) is 0 Å². The Morgan fingerprint density at radius 2 is 1.58 bits per heavy atom. The monoisotopic (exact) mass is 442 g/mol. The van der Waals surface area contributed by atoms with Gasteiger partial charge >= 0.3 is 0 Å². The van der Waals surface area contributed by atoms with Gasteiger partial charge in [-0.2, -0.15) is 0 Å². The minimum absolute atomic E-state index is 0.0249. The molecule has 2 heterocycles. The number of rotatable bonds is 5. The lowest BCUT2D eigenvalue weighted by molar-refractivity contribution is -0.134. The van der Waals surface area contributed by atoms with Gasteiger partial charge in [0.05, 0.1) is 22.9 Å². The molecule has 0 saturated carbocycles. The third-order valence-corrected chi connectivity index (χ3v) is 5.86. The molecule has 4 rings (SSSR count). The van der Waals surface area contributed by atoms with Crippen molar-refractivity contribution in [2.75, 3.05) is 27.2 Å². The van der Waals surface area contributed by atoms with Crippen molar-refractivity contribution in [3.05, 3.63) is 77.6 Å². The van der Waals surface area contributed by atoms with Crippen LogP contribution in [0.4, 0.5) is 0 Å². The zero-order valence-electron chi connectivity index (χ0n) is 18.8. The van der Waals surface area contributed by atoms with E-state index in [9.17, 15) is 14.4 Å². The fourth-order valence-corrected chi connectivity index (χ4v) is 3.96. The second-order valence-corrected chi connectivity index (χ2v) is 8.36. The highest BCUT2D eigenvalue weighted by Gasteiger charge is 2.28. The molecule has 0 spiro atoms. The average molecular weight is 443 g/mol. The zero-order chi connectivity index (χ0) is 23.4. The van der Waals surface area contributed by atoms with Gasteiger partial charge in [0.1, 0.15) is 0 Å². The summed E-state index contributed by atoms with van der Waals surface area (Å²) in [4.78, 5) is 49.7. The molecule has 7 nitrogen and oxygen atoms in total. The van der Waals surface area contributed by atoms with E-state index < -0.39 is 0 Å². The number of aromatic nitrogens is 2. The lowest BCUT2D eigenvalue weighted by Crippen LogP contribution is -2.42. The minimum atomic E-state index is -0.174. The molecule has 0 aliphatic carbocycles. The molecule has 1 saturated heterocycles.